The fourth-order valence-corrected chi connectivity index (χ4v) is 3.63. The van der Waals surface area contributed by atoms with Crippen LogP contribution in [0, 0.1) is 0 Å². The summed E-state index contributed by atoms with van der Waals surface area (Å²) in [5, 5.41) is 10.0. The van der Waals surface area contributed by atoms with Crippen molar-refractivity contribution >= 4 is 39.0 Å². The predicted molar refractivity (Wildman–Crippen MR) is 105 cm³/mol. The number of anilines is 1. The zero-order chi connectivity index (χ0) is 17.6. The fourth-order valence-electron chi connectivity index (χ4n) is 2.42. The van der Waals surface area contributed by atoms with E-state index in [9.17, 15) is 4.79 Å². The van der Waals surface area contributed by atoms with Gasteiger partial charge in [-0.3, -0.25) is 4.79 Å². The summed E-state index contributed by atoms with van der Waals surface area (Å²) in [6, 6.07) is 9.81. The Labute approximate surface area is 159 Å². The fraction of sp³-hybridized carbons (Fsp3) is 0.278. The van der Waals surface area contributed by atoms with Gasteiger partial charge in [0, 0.05) is 28.0 Å². The van der Waals surface area contributed by atoms with Crippen molar-refractivity contribution in [2.45, 2.75) is 32.7 Å². The molecular formula is C18H19BrN4OS. The summed E-state index contributed by atoms with van der Waals surface area (Å²) in [7, 11) is 0. The van der Waals surface area contributed by atoms with Gasteiger partial charge in [0.1, 0.15) is 10.8 Å². The highest BCUT2D eigenvalue weighted by molar-refractivity contribution is 9.10. The summed E-state index contributed by atoms with van der Waals surface area (Å²) < 4.78 is 2.84. The second-order valence-electron chi connectivity index (χ2n) is 5.67. The van der Waals surface area contributed by atoms with Crippen molar-refractivity contribution in [2.75, 3.05) is 5.32 Å². The number of aryl methyl sites for hydroxylation is 1. The quantitative estimate of drug-likeness (QED) is 0.601. The van der Waals surface area contributed by atoms with Gasteiger partial charge in [0.15, 0.2) is 0 Å². The molecule has 3 aromatic rings. The number of unbranched alkanes of at least 4 members (excludes halogenated alkanes) is 1. The molecule has 1 aromatic carbocycles. The van der Waals surface area contributed by atoms with Gasteiger partial charge in [0.25, 0.3) is 0 Å². The standard InChI is InChI=1S/C18H19BrN4OS/c1-2-3-9-23-16(7-8-20-23)22-17(24)11-15-12-25-18(21-15)13-5-4-6-14(19)10-13/h4-8,10,12H,2-3,9,11H2,1H3,(H,22,24). The molecule has 1 N–H and O–H groups in total. The summed E-state index contributed by atoms with van der Waals surface area (Å²) in [6.07, 6.45) is 4.08. The van der Waals surface area contributed by atoms with Gasteiger partial charge in [-0.05, 0) is 18.6 Å². The lowest BCUT2D eigenvalue weighted by molar-refractivity contribution is -0.115. The Morgan fingerprint density at radius 1 is 1.36 bits per heavy atom. The second-order valence-corrected chi connectivity index (χ2v) is 7.45. The van der Waals surface area contributed by atoms with E-state index in [1.807, 2.05) is 40.4 Å². The largest absolute Gasteiger partial charge is 0.311 e. The lowest BCUT2D eigenvalue weighted by atomic mass is 10.2. The monoisotopic (exact) mass is 418 g/mol. The first kappa shape index (κ1) is 17.8. The number of nitrogens with one attached hydrogen (secondary N) is 1. The normalized spacial score (nSPS) is 10.8. The first-order chi connectivity index (χ1) is 12.2. The Balaban J connectivity index is 1.63. The number of hydrogen-bond acceptors (Lipinski definition) is 4. The summed E-state index contributed by atoms with van der Waals surface area (Å²) in [5.74, 6) is 0.658. The van der Waals surface area contributed by atoms with Crippen molar-refractivity contribution in [3.63, 3.8) is 0 Å². The number of nitrogens with zero attached hydrogens (tertiary/aromatic N) is 3. The third-order valence-corrected chi connectivity index (χ3v) is 5.11. The molecule has 3 rings (SSSR count). The molecule has 2 aromatic heterocycles. The van der Waals surface area contributed by atoms with Gasteiger partial charge in [-0.2, -0.15) is 5.10 Å². The van der Waals surface area contributed by atoms with Crippen LogP contribution in [-0.2, 0) is 17.8 Å². The Morgan fingerprint density at radius 3 is 3.04 bits per heavy atom. The van der Waals surface area contributed by atoms with Crippen molar-refractivity contribution in [3.8, 4) is 10.6 Å². The van der Waals surface area contributed by atoms with Gasteiger partial charge < -0.3 is 5.32 Å². The van der Waals surface area contributed by atoms with E-state index in [0.29, 0.717) is 0 Å². The van der Waals surface area contributed by atoms with Gasteiger partial charge >= 0.3 is 0 Å². The minimum Gasteiger partial charge on any atom is -0.311 e. The summed E-state index contributed by atoms with van der Waals surface area (Å²) in [6.45, 7) is 2.94. The SMILES string of the molecule is CCCCn1nccc1NC(=O)Cc1csc(-c2cccc(Br)c2)n1. The maximum atomic E-state index is 12.3. The van der Waals surface area contributed by atoms with Gasteiger partial charge in [0.05, 0.1) is 18.3 Å². The van der Waals surface area contributed by atoms with Crippen LogP contribution < -0.4 is 5.32 Å². The Morgan fingerprint density at radius 2 is 2.24 bits per heavy atom. The number of benzene rings is 1. The van der Waals surface area contributed by atoms with Crippen molar-refractivity contribution in [1.82, 2.24) is 14.8 Å². The molecule has 0 spiro atoms. The number of halogens is 1. The van der Waals surface area contributed by atoms with Crippen molar-refractivity contribution in [2.24, 2.45) is 0 Å². The number of amides is 1. The molecule has 0 saturated carbocycles. The minimum atomic E-state index is -0.0793. The maximum Gasteiger partial charge on any atom is 0.231 e. The highest BCUT2D eigenvalue weighted by Crippen LogP contribution is 2.26. The lowest BCUT2D eigenvalue weighted by Gasteiger charge is -2.07. The topological polar surface area (TPSA) is 59.8 Å². The molecule has 0 unspecified atom stereocenters. The van der Waals surface area contributed by atoms with E-state index in [0.717, 1.165) is 45.9 Å². The number of hydrogen-bond donors (Lipinski definition) is 1. The average Bonchev–Trinajstić information content (AvgIpc) is 3.22. The van der Waals surface area contributed by atoms with Crippen LogP contribution in [-0.4, -0.2) is 20.7 Å². The molecule has 5 nitrogen and oxygen atoms in total. The molecular weight excluding hydrogens is 400 g/mol. The minimum absolute atomic E-state index is 0.0793. The molecule has 0 aliphatic carbocycles. The van der Waals surface area contributed by atoms with E-state index in [-0.39, 0.29) is 12.3 Å². The molecule has 0 aliphatic heterocycles. The summed E-state index contributed by atoms with van der Waals surface area (Å²) >= 11 is 5.01. The molecule has 1 amide bonds. The predicted octanol–water partition coefficient (Wildman–Crippen LogP) is 4.75. The van der Waals surface area contributed by atoms with Crippen LogP contribution in [0.5, 0.6) is 0 Å². The molecule has 2 heterocycles. The number of carbonyl (C=O) groups is 1. The zero-order valence-electron chi connectivity index (χ0n) is 13.9. The summed E-state index contributed by atoms with van der Waals surface area (Å²) in [5.41, 5.74) is 1.82. The van der Waals surface area contributed by atoms with Crippen molar-refractivity contribution in [1.29, 1.82) is 0 Å². The molecule has 25 heavy (non-hydrogen) atoms. The second kappa shape index (κ2) is 8.40. The van der Waals surface area contributed by atoms with E-state index in [2.05, 4.69) is 38.3 Å². The Kier molecular flexibility index (Phi) is 5.99. The first-order valence-corrected chi connectivity index (χ1v) is 9.85. The lowest BCUT2D eigenvalue weighted by Crippen LogP contribution is -2.18. The van der Waals surface area contributed by atoms with Gasteiger partial charge in [-0.15, -0.1) is 11.3 Å². The molecule has 0 bridgehead atoms. The van der Waals surface area contributed by atoms with Crippen LogP contribution in [0.2, 0.25) is 0 Å². The van der Waals surface area contributed by atoms with Crippen molar-refractivity contribution < 1.29 is 4.79 Å². The van der Waals surface area contributed by atoms with Crippen LogP contribution in [0.3, 0.4) is 0 Å². The maximum absolute atomic E-state index is 12.3. The molecule has 0 atom stereocenters. The smallest absolute Gasteiger partial charge is 0.231 e. The number of thiazole rings is 1. The van der Waals surface area contributed by atoms with Crippen LogP contribution in [0.1, 0.15) is 25.5 Å². The molecule has 0 aliphatic rings. The van der Waals surface area contributed by atoms with Crippen LogP contribution in [0.4, 0.5) is 5.82 Å². The first-order valence-electron chi connectivity index (χ1n) is 8.17. The molecule has 0 saturated heterocycles. The molecule has 0 radical (unpaired) electrons. The Hall–Kier alpha value is -1.99. The number of aromatic nitrogens is 3. The number of carbonyl (C=O) groups excluding carboxylic acids is 1. The number of rotatable bonds is 7. The third-order valence-electron chi connectivity index (χ3n) is 3.67. The third kappa shape index (κ3) is 4.76. The summed E-state index contributed by atoms with van der Waals surface area (Å²) in [4.78, 5) is 16.9. The van der Waals surface area contributed by atoms with E-state index < -0.39 is 0 Å². The van der Waals surface area contributed by atoms with Crippen LogP contribution in [0.25, 0.3) is 10.6 Å². The van der Waals surface area contributed by atoms with Gasteiger partial charge in [-0.25, -0.2) is 9.67 Å². The van der Waals surface area contributed by atoms with E-state index in [1.54, 1.807) is 17.5 Å². The highest BCUT2D eigenvalue weighted by Gasteiger charge is 2.11. The van der Waals surface area contributed by atoms with Gasteiger partial charge in [-0.1, -0.05) is 41.4 Å². The van der Waals surface area contributed by atoms with E-state index in [4.69, 9.17) is 0 Å². The van der Waals surface area contributed by atoms with Crippen LogP contribution in [0.15, 0.2) is 46.4 Å². The van der Waals surface area contributed by atoms with Crippen molar-refractivity contribution in [3.05, 3.63) is 52.1 Å². The van der Waals surface area contributed by atoms with E-state index >= 15 is 0 Å². The Bertz CT molecular complexity index is 858. The van der Waals surface area contributed by atoms with Gasteiger partial charge in [0.2, 0.25) is 5.91 Å². The van der Waals surface area contributed by atoms with Crippen LogP contribution >= 0.6 is 27.3 Å². The average molecular weight is 419 g/mol. The molecule has 130 valence electrons. The highest BCUT2D eigenvalue weighted by atomic mass is 79.9. The zero-order valence-corrected chi connectivity index (χ0v) is 16.3. The molecule has 0 fully saturated rings. The molecule has 7 heteroatoms. The van der Waals surface area contributed by atoms with E-state index in [1.165, 1.54) is 0 Å².